The van der Waals surface area contributed by atoms with Gasteiger partial charge in [0.05, 0.1) is 6.07 Å². The molecule has 0 spiro atoms. The molecule has 3 heteroatoms. The number of hydrogen-bond donors (Lipinski definition) is 1. The molecule has 0 amide bonds. The normalized spacial score (nSPS) is 13.8. The maximum atomic E-state index is 8.63. The molecule has 0 fully saturated rings. The van der Waals surface area contributed by atoms with Crippen LogP contribution in [0.15, 0.2) is 11.4 Å². The molecule has 0 aromatic carbocycles. The average molecular weight is 194 g/mol. The maximum absolute atomic E-state index is 8.63. The lowest BCUT2D eigenvalue weighted by atomic mass is 9.89. The largest absolute Gasteiger partial charge is 0.312 e. The second-order valence-electron chi connectivity index (χ2n) is 4.09. The summed E-state index contributed by atoms with van der Waals surface area (Å²) in [7, 11) is 0. The van der Waals surface area contributed by atoms with Crippen molar-refractivity contribution < 1.29 is 0 Å². The van der Waals surface area contributed by atoms with Crippen LogP contribution >= 0.6 is 11.3 Å². The monoisotopic (exact) mass is 194 g/mol. The van der Waals surface area contributed by atoms with E-state index in [0.717, 1.165) is 4.88 Å². The van der Waals surface area contributed by atoms with E-state index in [1.54, 1.807) is 11.3 Å². The topological polar surface area (TPSA) is 49.8 Å². The number of nitrogens with two attached hydrogens (primary N) is 1. The molecule has 1 aromatic rings. The van der Waals surface area contributed by atoms with Crippen LogP contribution in [0.4, 0.5) is 0 Å². The lowest BCUT2D eigenvalue weighted by molar-refractivity contribution is 0.592. The van der Waals surface area contributed by atoms with Crippen LogP contribution in [-0.4, -0.2) is 0 Å². The van der Waals surface area contributed by atoms with Crippen LogP contribution in [0.3, 0.4) is 0 Å². The zero-order valence-electron chi connectivity index (χ0n) is 8.16. The SMILES string of the molecule is CC(C)(C)c1csc(C(N)C#N)c1. The minimum Gasteiger partial charge on any atom is -0.312 e. The second kappa shape index (κ2) is 3.49. The molecule has 1 heterocycles. The Kier molecular flexibility index (Phi) is 2.74. The third kappa shape index (κ3) is 2.30. The summed E-state index contributed by atoms with van der Waals surface area (Å²) >= 11 is 1.56. The van der Waals surface area contributed by atoms with Gasteiger partial charge in [-0.3, -0.25) is 0 Å². The summed E-state index contributed by atoms with van der Waals surface area (Å²) in [5, 5.41) is 10.7. The average Bonchev–Trinajstić information content (AvgIpc) is 2.50. The van der Waals surface area contributed by atoms with Gasteiger partial charge in [0.2, 0.25) is 0 Å². The van der Waals surface area contributed by atoms with Crippen LogP contribution in [0.2, 0.25) is 0 Å². The zero-order chi connectivity index (χ0) is 10.1. The lowest BCUT2D eigenvalue weighted by Gasteiger charge is -2.15. The highest BCUT2D eigenvalue weighted by Crippen LogP contribution is 2.29. The molecule has 1 rings (SSSR count). The standard InChI is InChI=1S/C10H14N2S/c1-10(2,3)7-4-9(13-6-7)8(12)5-11/h4,6,8H,12H2,1-3H3. The van der Waals surface area contributed by atoms with Crippen molar-refractivity contribution in [3.05, 3.63) is 21.9 Å². The Balaban J connectivity index is 2.95. The highest BCUT2D eigenvalue weighted by Gasteiger charge is 2.17. The van der Waals surface area contributed by atoms with Gasteiger partial charge >= 0.3 is 0 Å². The van der Waals surface area contributed by atoms with Crippen molar-refractivity contribution in [3.8, 4) is 6.07 Å². The summed E-state index contributed by atoms with van der Waals surface area (Å²) in [6.07, 6.45) is 0. The zero-order valence-corrected chi connectivity index (χ0v) is 8.98. The van der Waals surface area contributed by atoms with Gasteiger partial charge in [-0.25, -0.2) is 0 Å². The molecule has 70 valence electrons. The van der Waals surface area contributed by atoms with Gasteiger partial charge in [0.1, 0.15) is 6.04 Å². The van der Waals surface area contributed by atoms with E-state index in [2.05, 4.69) is 26.2 Å². The quantitative estimate of drug-likeness (QED) is 0.747. The number of nitrogens with zero attached hydrogens (tertiary/aromatic N) is 1. The van der Waals surface area contributed by atoms with Gasteiger partial charge < -0.3 is 5.73 Å². The van der Waals surface area contributed by atoms with Crippen LogP contribution in [-0.2, 0) is 5.41 Å². The number of hydrogen-bond acceptors (Lipinski definition) is 3. The van der Waals surface area contributed by atoms with E-state index in [0.29, 0.717) is 0 Å². The highest BCUT2D eigenvalue weighted by molar-refractivity contribution is 7.10. The van der Waals surface area contributed by atoms with Crippen LogP contribution in [0, 0.1) is 11.3 Å². The van der Waals surface area contributed by atoms with E-state index >= 15 is 0 Å². The summed E-state index contributed by atoms with van der Waals surface area (Å²) in [5.74, 6) is 0. The first-order valence-corrected chi connectivity index (χ1v) is 5.07. The fourth-order valence-corrected chi connectivity index (χ4v) is 2.05. The first kappa shape index (κ1) is 10.2. The second-order valence-corrected chi connectivity index (χ2v) is 5.04. The Hall–Kier alpha value is -0.850. The van der Waals surface area contributed by atoms with Gasteiger partial charge in [0.15, 0.2) is 0 Å². The van der Waals surface area contributed by atoms with Crippen molar-refractivity contribution in [3.63, 3.8) is 0 Å². The van der Waals surface area contributed by atoms with Crippen LogP contribution in [0.25, 0.3) is 0 Å². The van der Waals surface area contributed by atoms with E-state index in [9.17, 15) is 0 Å². The Bertz CT molecular complexity index is 327. The van der Waals surface area contributed by atoms with Gasteiger partial charge in [-0.05, 0) is 22.4 Å². The molecule has 2 nitrogen and oxygen atoms in total. The van der Waals surface area contributed by atoms with Gasteiger partial charge in [-0.1, -0.05) is 20.8 Å². The molecule has 1 unspecified atom stereocenters. The molecule has 0 bridgehead atoms. The molecule has 0 aliphatic rings. The van der Waals surface area contributed by atoms with Crippen molar-refractivity contribution in [1.82, 2.24) is 0 Å². The van der Waals surface area contributed by atoms with Gasteiger partial charge in [-0.15, -0.1) is 11.3 Å². The van der Waals surface area contributed by atoms with Crippen molar-refractivity contribution in [2.75, 3.05) is 0 Å². The number of thiophene rings is 1. The summed E-state index contributed by atoms with van der Waals surface area (Å²) in [6, 6.07) is 3.59. The predicted molar refractivity (Wildman–Crippen MR) is 55.6 cm³/mol. The summed E-state index contributed by atoms with van der Waals surface area (Å²) in [5.41, 5.74) is 6.99. The van der Waals surface area contributed by atoms with Gasteiger partial charge in [-0.2, -0.15) is 5.26 Å². The lowest BCUT2D eigenvalue weighted by Crippen LogP contribution is -2.10. The Morgan fingerprint density at radius 3 is 2.54 bits per heavy atom. The van der Waals surface area contributed by atoms with Crippen molar-refractivity contribution in [2.24, 2.45) is 5.73 Å². The van der Waals surface area contributed by atoms with Gasteiger partial charge in [0.25, 0.3) is 0 Å². The maximum Gasteiger partial charge on any atom is 0.128 e. The Morgan fingerprint density at radius 1 is 1.54 bits per heavy atom. The van der Waals surface area contributed by atoms with Crippen LogP contribution < -0.4 is 5.73 Å². The summed E-state index contributed by atoms with van der Waals surface area (Å²) in [6.45, 7) is 6.45. The predicted octanol–water partition coefficient (Wildman–Crippen LogP) is 2.57. The Morgan fingerprint density at radius 2 is 2.15 bits per heavy atom. The molecule has 1 atom stereocenters. The fourth-order valence-electron chi connectivity index (χ4n) is 0.973. The molecule has 0 aliphatic carbocycles. The molecule has 2 N–H and O–H groups in total. The third-order valence-corrected chi connectivity index (χ3v) is 2.95. The minimum atomic E-state index is -0.471. The van der Waals surface area contributed by atoms with Crippen LogP contribution in [0.1, 0.15) is 37.3 Å². The molecule has 0 saturated heterocycles. The fraction of sp³-hybridized carbons (Fsp3) is 0.500. The molecular weight excluding hydrogens is 180 g/mol. The molecule has 0 radical (unpaired) electrons. The number of rotatable bonds is 1. The van der Waals surface area contributed by atoms with E-state index in [1.165, 1.54) is 5.56 Å². The van der Waals surface area contributed by atoms with E-state index < -0.39 is 6.04 Å². The van der Waals surface area contributed by atoms with Gasteiger partial charge in [0, 0.05) is 4.88 Å². The minimum absolute atomic E-state index is 0.143. The molecule has 0 aliphatic heterocycles. The molecular formula is C10H14N2S. The smallest absolute Gasteiger partial charge is 0.128 e. The van der Waals surface area contributed by atoms with E-state index in [4.69, 9.17) is 11.0 Å². The van der Waals surface area contributed by atoms with E-state index in [-0.39, 0.29) is 5.41 Å². The first-order chi connectivity index (χ1) is 5.95. The Labute approximate surface area is 83.0 Å². The molecule has 13 heavy (non-hydrogen) atoms. The molecule has 0 saturated carbocycles. The highest BCUT2D eigenvalue weighted by atomic mass is 32.1. The summed E-state index contributed by atoms with van der Waals surface area (Å²) in [4.78, 5) is 0.951. The summed E-state index contributed by atoms with van der Waals surface area (Å²) < 4.78 is 0. The third-order valence-electron chi connectivity index (χ3n) is 1.93. The first-order valence-electron chi connectivity index (χ1n) is 4.19. The van der Waals surface area contributed by atoms with Crippen LogP contribution in [0.5, 0.6) is 0 Å². The van der Waals surface area contributed by atoms with Crippen molar-refractivity contribution in [1.29, 1.82) is 5.26 Å². The van der Waals surface area contributed by atoms with E-state index in [1.807, 2.05) is 12.1 Å². The number of nitriles is 1. The van der Waals surface area contributed by atoms with Crippen molar-refractivity contribution >= 4 is 11.3 Å². The van der Waals surface area contributed by atoms with Crippen molar-refractivity contribution in [2.45, 2.75) is 32.2 Å². The molecule has 1 aromatic heterocycles.